The van der Waals surface area contributed by atoms with Crippen LogP contribution in [0.4, 0.5) is 5.95 Å². The third-order valence-corrected chi connectivity index (χ3v) is 2.56. The van der Waals surface area contributed by atoms with Gasteiger partial charge in [0.15, 0.2) is 0 Å². The molecule has 19 heavy (non-hydrogen) atoms. The van der Waals surface area contributed by atoms with E-state index in [0.717, 1.165) is 18.8 Å². The Balaban J connectivity index is 2.98. The molecule has 0 aliphatic carbocycles. The molecule has 0 saturated heterocycles. The number of aromatic nitrogens is 2. The van der Waals surface area contributed by atoms with E-state index in [1.54, 1.807) is 7.11 Å². The molecule has 0 fully saturated rings. The minimum absolute atomic E-state index is 0.135. The Labute approximate surface area is 115 Å². The van der Waals surface area contributed by atoms with Crippen LogP contribution >= 0.6 is 0 Å². The predicted octanol–water partition coefficient (Wildman–Crippen LogP) is 2.03. The highest BCUT2D eigenvalue weighted by molar-refractivity contribution is 5.34. The molecule has 1 N–H and O–H groups in total. The molecule has 1 rings (SSSR count). The maximum absolute atomic E-state index is 9.02. The summed E-state index contributed by atoms with van der Waals surface area (Å²) >= 11 is 0. The number of anilines is 1. The van der Waals surface area contributed by atoms with E-state index >= 15 is 0 Å². The Hall–Kier alpha value is -1.36. The molecule has 0 aliphatic rings. The number of hydrogen-bond acceptors (Lipinski definition) is 5. The molecule has 0 bridgehead atoms. The fraction of sp³-hybridized carbons (Fsp3) is 0.714. The van der Waals surface area contributed by atoms with Gasteiger partial charge in [-0.25, -0.2) is 4.98 Å². The maximum atomic E-state index is 9.02. The number of hydrogen-bond donors (Lipinski definition) is 1. The van der Waals surface area contributed by atoms with E-state index in [9.17, 15) is 0 Å². The number of nitrogens with zero attached hydrogens (tertiary/aromatic N) is 3. The standard InChI is InChI=1S/C14H25N3O2/c1-11-9-12(19-5)16-13(15-11)17(7-6-8-18)10-14(2,3)4/h9,18H,6-8,10H2,1-5H3. The van der Waals surface area contributed by atoms with E-state index in [0.29, 0.717) is 18.2 Å². The van der Waals surface area contributed by atoms with Crippen LogP contribution in [0, 0.1) is 12.3 Å². The van der Waals surface area contributed by atoms with Crippen LogP contribution in [0.3, 0.4) is 0 Å². The number of ether oxygens (including phenoxy) is 1. The maximum Gasteiger partial charge on any atom is 0.228 e. The summed E-state index contributed by atoms with van der Waals surface area (Å²) in [4.78, 5) is 11.0. The Morgan fingerprint density at radius 1 is 1.32 bits per heavy atom. The van der Waals surface area contributed by atoms with Gasteiger partial charge in [0.2, 0.25) is 11.8 Å². The number of methoxy groups -OCH3 is 1. The number of rotatable bonds is 6. The van der Waals surface area contributed by atoms with Crippen LogP contribution in [-0.4, -0.2) is 41.9 Å². The molecule has 5 nitrogen and oxygen atoms in total. The van der Waals surface area contributed by atoms with Crippen LogP contribution in [0.15, 0.2) is 6.07 Å². The van der Waals surface area contributed by atoms with Gasteiger partial charge in [-0.15, -0.1) is 0 Å². The Morgan fingerprint density at radius 3 is 2.53 bits per heavy atom. The second-order valence-electron chi connectivity index (χ2n) is 5.91. The van der Waals surface area contributed by atoms with Crippen molar-refractivity contribution in [3.8, 4) is 5.88 Å². The van der Waals surface area contributed by atoms with Crippen molar-refractivity contribution in [1.82, 2.24) is 9.97 Å². The van der Waals surface area contributed by atoms with Crippen LogP contribution < -0.4 is 9.64 Å². The minimum atomic E-state index is 0.135. The molecule has 0 aliphatic heterocycles. The SMILES string of the molecule is COc1cc(C)nc(N(CCCO)CC(C)(C)C)n1. The highest BCUT2D eigenvalue weighted by Gasteiger charge is 2.19. The van der Waals surface area contributed by atoms with Crippen molar-refractivity contribution in [2.75, 3.05) is 31.7 Å². The van der Waals surface area contributed by atoms with E-state index in [2.05, 4.69) is 35.6 Å². The summed E-state index contributed by atoms with van der Waals surface area (Å²) in [5, 5.41) is 9.02. The zero-order valence-corrected chi connectivity index (χ0v) is 12.6. The fourth-order valence-electron chi connectivity index (χ4n) is 1.85. The first-order valence-corrected chi connectivity index (χ1v) is 6.61. The molecule has 1 heterocycles. The van der Waals surface area contributed by atoms with Crippen LogP contribution in [-0.2, 0) is 0 Å². The first-order valence-electron chi connectivity index (χ1n) is 6.61. The van der Waals surface area contributed by atoms with Gasteiger partial charge < -0.3 is 14.7 Å². The van der Waals surface area contributed by atoms with Gasteiger partial charge in [0.05, 0.1) is 7.11 Å². The summed E-state index contributed by atoms with van der Waals surface area (Å²) in [5.41, 5.74) is 1.01. The molecule has 0 unspecified atom stereocenters. The second kappa shape index (κ2) is 6.70. The smallest absolute Gasteiger partial charge is 0.228 e. The molecule has 0 spiro atoms. The van der Waals surface area contributed by atoms with Gasteiger partial charge in [0.25, 0.3) is 0 Å². The first-order chi connectivity index (χ1) is 8.85. The zero-order valence-electron chi connectivity index (χ0n) is 12.6. The van der Waals surface area contributed by atoms with E-state index in [1.165, 1.54) is 0 Å². The van der Waals surface area contributed by atoms with Crippen LogP contribution in [0.25, 0.3) is 0 Å². The summed E-state index contributed by atoms with van der Waals surface area (Å²) in [6.07, 6.45) is 0.704. The Morgan fingerprint density at radius 2 is 2.00 bits per heavy atom. The van der Waals surface area contributed by atoms with E-state index < -0.39 is 0 Å². The largest absolute Gasteiger partial charge is 0.481 e. The van der Waals surface area contributed by atoms with E-state index in [-0.39, 0.29) is 12.0 Å². The van der Waals surface area contributed by atoms with Gasteiger partial charge in [-0.1, -0.05) is 20.8 Å². The topological polar surface area (TPSA) is 58.5 Å². The molecule has 0 radical (unpaired) electrons. The molecule has 1 aromatic rings. The quantitative estimate of drug-likeness (QED) is 0.854. The predicted molar refractivity (Wildman–Crippen MR) is 76.7 cm³/mol. The Bertz CT molecular complexity index is 402. The number of aliphatic hydroxyl groups excluding tert-OH is 1. The molecular weight excluding hydrogens is 242 g/mol. The van der Waals surface area contributed by atoms with Crippen molar-refractivity contribution in [3.05, 3.63) is 11.8 Å². The Kier molecular flexibility index (Phi) is 5.54. The molecule has 0 atom stereocenters. The van der Waals surface area contributed by atoms with E-state index in [4.69, 9.17) is 9.84 Å². The summed E-state index contributed by atoms with van der Waals surface area (Å²) in [6.45, 7) is 10.2. The van der Waals surface area contributed by atoms with Gasteiger partial charge in [-0.05, 0) is 18.8 Å². The van der Waals surface area contributed by atoms with Gasteiger partial charge >= 0.3 is 0 Å². The lowest BCUT2D eigenvalue weighted by Gasteiger charge is -2.30. The van der Waals surface area contributed by atoms with Gasteiger partial charge in [-0.3, -0.25) is 0 Å². The lowest BCUT2D eigenvalue weighted by atomic mass is 9.96. The number of aliphatic hydroxyl groups is 1. The molecule has 5 heteroatoms. The van der Waals surface area contributed by atoms with Crippen LogP contribution in [0.2, 0.25) is 0 Å². The lowest BCUT2D eigenvalue weighted by Crippen LogP contribution is -2.35. The van der Waals surface area contributed by atoms with Gasteiger partial charge in [0, 0.05) is 31.5 Å². The molecule has 0 amide bonds. The summed E-state index contributed by atoms with van der Waals surface area (Å²) < 4.78 is 5.19. The second-order valence-corrected chi connectivity index (χ2v) is 5.91. The summed E-state index contributed by atoms with van der Waals surface area (Å²) in [5.74, 6) is 1.24. The average Bonchev–Trinajstić information content (AvgIpc) is 2.32. The van der Waals surface area contributed by atoms with Crippen LogP contribution in [0.1, 0.15) is 32.9 Å². The molecular formula is C14H25N3O2. The van der Waals surface area contributed by atoms with Crippen LogP contribution in [0.5, 0.6) is 5.88 Å². The lowest BCUT2D eigenvalue weighted by molar-refractivity contribution is 0.286. The molecule has 0 saturated carbocycles. The third kappa shape index (κ3) is 5.42. The van der Waals surface area contributed by atoms with Gasteiger partial charge in [0.1, 0.15) is 0 Å². The fourth-order valence-corrected chi connectivity index (χ4v) is 1.85. The zero-order chi connectivity index (χ0) is 14.5. The third-order valence-electron chi connectivity index (χ3n) is 2.56. The highest BCUT2D eigenvalue weighted by atomic mass is 16.5. The number of aryl methyl sites for hydroxylation is 1. The first kappa shape index (κ1) is 15.7. The van der Waals surface area contributed by atoms with Crippen molar-refractivity contribution >= 4 is 5.95 Å². The molecule has 0 aromatic carbocycles. The van der Waals surface area contributed by atoms with Crippen molar-refractivity contribution in [3.63, 3.8) is 0 Å². The van der Waals surface area contributed by atoms with Crippen molar-refractivity contribution in [1.29, 1.82) is 0 Å². The minimum Gasteiger partial charge on any atom is -0.481 e. The molecule has 1 aromatic heterocycles. The summed E-state index contributed by atoms with van der Waals surface area (Å²) in [7, 11) is 1.60. The normalized spacial score (nSPS) is 11.5. The van der Waals surface area contributed by atoms with Gasteiger partial charge in [-0.2, -0.15) is 4.98 Å². The summed E-state index contributed by atoms with van der Waals surface area (Å²) in [6, 6.07) is 1.81. The monoisotopic (exact) mass is 267 g/mol. The van der Waals surface area contributed by atoms with E-state index in [1.807, 2.05) is 13.0 Å². The average molecular weight is 267 g/mol. The molecule has 108 valence electrons. The van der Waals surface area contributed by atoms with Crippen molar-refractivity contribution in [2.45, 2.75) is 34.1 Å². The highest BCUT2D eigenvalue weighted by Crippen LogP contribution is 2.21. The van der Waals surface area contributed by atoms with Crippen molar-refractivity contribution in [2.24, 2.45) is 5.41 Å². The van der Waals surface area contributed by atoms with Crippen molar-refractivity contribution < 1.29 is 9.84 Å².